The highest BCUT2D eigenvalue weighted by atomic mass is 16.5. The number of hydrogen-bond donors (Lipinski definition) is 1. The Kier molecular flexibility index (Phi) is 6.14. The maximum Gasteiger partial charge on any atom is 0.138 e. The molecule has 2 rings (SSSR count). The Morgan fingerprint density at radius 1 is 1.48 bits per heavy atom. The van der Waals surface area contributed by atoms with Gasteiger partial charge in [0.15, 0.2) is 0 Å². The molecule has 0 aromatic carbocycles. The quantitative estimate of drug-likeness (QED) is 0.816. The summed E-state index contributed by atoms with van der Waals surface area (Å²) in [7, 11) is 2.00. The summed E-state index contributed by atoms with van der Waals surface area (Å²) in [5.74, 6) is 1.03. The summed E-state index contributed by atoms with van der Waals surface area (Å²) < 4.78 is 7.99. The Morgan fingerprint density at radius 2 is 2.29 bits per heavy atom. The van der Waals surface area contributed by atoms with E-state index in [1.165, 1.54) is 6.42 Å². The van der Waals surface area contributed by atoms with Gasteiger partial charge in [0, 0.05) is 31.6 Å². The maximum absolute atomic E-state index is 6.00. The largest absolute Gasteiger partial charge is 0.374 e. The van der Waals surface area contributed by atoms with Gasteiger partial charge >= 0.3 is 0 Å². The molecule has 1 aromatic rings. The second-order valence-corrected chi connectivity index (χ2v) is 6.02. The zero-order chi connectivity index (χ0) is 15.2. The molecule has 0 spiro atoms. The number of nitrogens with one attached hydrogen (secondary N) is 1. The van der Waals surface area contributed by atoms with Crippen LogP contribution in [0.25, 0.3) is 0 Å². The second-order valence-electron chi connectivity index (χ2n) is 6.02. The van der Waals surface area contributed by atoms with E-state index < -0.39 is 0 Å². The summed E-state index contributed by atoms with van der Waals surface area (Å²) in [6.45, 7) is 10.5. The summed E-state index contributed by atoms with van der Waals surface area (Å²) in [5, 5.41) is 7.73. The fourth-order valence-electron chi connectivity index (χ4n) is 2.96. The smallest absolute Gasteiger partial charge is 0.138 e. The average Bonchev–Trinajstić information content (AvgIpc) is 2.94. The minimum Gasteiger partial charge on any atom is -0.374 e. The van der Waals surface area contributed by atoms with Crippen molar-refractivity contribution < 1.29 is 4.74 Å². The minimum absolute atomic E-state index is 0.215. The third-order valence-corrected chi connectivity index (χ3v) is 4.08. The lowest BCUT2D eigenvalue weighted by atomic mass is 10.0. The van der Waals surface area contributed by atoms with Gasteiger partial charge in [-0.1, -0.05) is 6.92 Å². The second kappa shape index (κ2) is 7.87. The van der Waals surface area contributed by atoms with Crippen molar-refractivity contribution in [2.75, 3.05) is 33.3 Å². The molecule has 2 heterocycles. The molecule has 1 saturated heterocycles. The van der Waals surface area contributed by atoms with E-state index >= 15 is 0 Å². The van der Waals surface area contributed by atoms with E-state index in [4.69, 9.17) is 4.74 Å². The van der Waals surface area contributed by atoms with Crippen molar-refractivity contribution in [3.8, 4) is 0 Å². The van der Waals surface area contributed by atoms with Crippen LogP contribution in [0.3, 0.4) is 0 Å². The van der Waals surface area contributed by atoms with Gasteiger partial charge in [-0.3, -0.25) is 4.90 Å². The lowest BCUT2D eigenvalue weighted by Crippen LogP contribution is -2.52. The van der Waals surface area contributed by atoms with E-state index in [1.807, 2.05) is 11.7 Å². The van der Waals surface area contributed by atoms with Crippen LogP contribution in [-0.2, 0) is 11.2 Å². The van der Waals surface area contributed by atoms with Crippen molar-refractivity contribution in [2.24, 2.45) is 0 Å². The molecule has 1 aromatic heterocycles. The van der Waals surface area contributed by atoms with Crippen LogP contribution in [0.4, 0.5) is 0 Å². The minimum atomic E-state index is 0.215. The third kappa shape index (κ3) is 4.25. The molecule has 0 saturated carbocycles. The molecule has 1 aliphatic heterocycles. The molecule has 1 N–H and O–H groups in total. The van der Waals surface area contributed by atoms with E-state index in [2.05, 4.69) is 41.1 Å². The molecule has 2 atom stereocenters. The first-order valence-corrected chi connectivity index (χ1v) is 8.05. The van der Waals surface area contributed by atoms with Gasteiger partial charge in [0.05, 0.1) is 12.7 Å². The number of rotatable bonds is 7. The van der Waals surface area contributed by atoms with Crippen molar-refractivity contribution >= 4 is 0 Å². The summed E-state index contributed by atoms with van der Waals surface area (Å²) >= 11 is 0. The van der Waals surface area contributed by atoms with E-state index in [9.17, 15) is 0 Å². The normalized spacial score (nSPS) is 21.9. The average molecular weight is 295 g/mol. The maximum atomic E-state index is 6.00. The monoisotopic (exact) mass is 295 g/mol. The highest BCUT2D eigenvalue weighted by Gasteiger charge is 2.28. The Labute approximate surface area is 127 Å². The fraction of sp³-hybridized carbons (Fsp3) is 0.867. The zero-order valence-corrected chi connectivity index (χ0v) is 13.7. The first kappa shape index (κ1) is 16.4. The van der Waals surface area contributed by atoms with Gasteiger partial charge in [0.2, 0.25) is 0 Å². The van der Waals surface area contributed by atoms with Gasteiger partial charge in [-0.25, -0.2) is 9.67 Å². The highest BCUT2D eigenvalue weighted by Crippen LogP contribution is 2.14. The number of morpholine rings is 1. The van der Waals surface area contributed by atoms with Gasteiger partial charge in [0.1, 0.15) is 12.2 Å². The number of aromatic nitrogens is 3. The van der Waals surface area contributed by atoms with E-state index in [1.54, 1.807) is 6.33 Å². The molecule has 1 fully saturated rings. The molecule has 21 heavy (non-hydrogen) atoms. The van der Waals surface area contributed by atoms with Crippen molar-refractivity contribution in [2.45, 2.75) is 51.8 Å². The standard InChI is InChI=1S/C15H29N5O/c1-5-6-19-7-8-21-14(10-19)13(16-4)9-15-17-11-18-20(15)12(2)3/h11-14,16H,5-10H2,1-4H3. The lowest BCUT2D eigenvalue weighted by Gasteiger charge is -2.36. The Bertz CT molecular complexity index is 418. The Morgan fingerprint density at radius 3 is 2.95 bits per heavy atom. The Balaban J connectivity index is 2.00. The van der Waals surface area contributed by atoms with Gasteiger partial charge in [-0.2, -0.15) is 5.10 Å². The highest BCUT2D eigenvalue weighted by molar-refractivity contribution is 4.95. The van der Waals surface area contributed by atoms with Crippen molar-refractivity contribution in [1.82, 2.24) is 25.0 Å². The molecule has 6 heteroatoms. The third-order valence-electron chi connectivity index (χ3n) is 4.08. The van der Waals surface area contributed by atoms with Crippen LogP contribution in [0.2, 0.25) is 0 Å². The van der Waals surface area contributed by atoms with Gasteiger partial charge < -0.3 is 10.1 Å². The molecule has 6 nitrogen and oxygen atoms in total. The molecule has 0 aliphatic carbocycles. The van der Waals surface area contributed by atoms with Crippen LogP contribution in [0.1, 0.15) is 39.1 Å². The topological polar surface area (TPSA) is 55.2 Å². The van der Waals surface area contributed by atoms with Crippen molar-refractivity contribution in [3.05, 3.63) is 12.2 Å². The molecular weight excluding hydrogens is 266 g/mol. The van der Waals surface area contributed by atoms with Crippen LogP contribution < -0.4 is 5.32 Å². The van der Waals surface area contributed by atoms with Crippen LogP contribution in [0.15, 0.2) is 6.33 Å². The predicted molar refractivity (Wildman–Crippen MR) is 83.4 cm³/mol. The molecule has 0 radical (unpaired) electrons. The van der Waals surface area contributed by atoms with Crippen molar-refractivity contribution in [3.63, 3.8) is 0 Å². The predicted octanol–water partition coefficient (Wildman–Crippen LogP) is 1.10. The van der Waals surface area contributed by atoms with Crippen LogP contribution in [0, 0.1) is 0 Å². The number of likely N-dealkylation sites (N-methyl/N-ethyl adjacent to an activating group) is 1. The van der Waals surface area contributed by atoms with E-state index in [0.717, 1.165) is 38.5 Å². The van der Waals surface area contributed by atoms with E-state index in [0.29, 0.717) is 6.04 Å². The Hall–Kier alpha value is -0.980. The first-order chi connectivity index (χ1) is 10.2. The molecule has 1 aliphatic rings. The van der Waals surface area contributed by atoms with Crippen LogP contribution in [0.5, 0.6) is 0 Å². The van der Waals surface area contributed by atoms with Gasteiger partial charge in [-0.15, -0.1) is 0 Å². The van der Waals surface area contributed by atoms with Crippen LogP contribution >= 0.6 is 0 Å². The van der Waals surface area contributed by atoms with Gasteiger partial charge in [-0.05, 0) is 33.9 Å². The van der Waals surface area contributed by atoms with Crippen molar-refractivity contribution in [1.29, 1.82) is 0 Å². The van der Waals surface area contributed by atoms with Gasteiger partial charge in [0.25, 0.3) is 0 Å². The molecule has 120 valence electrons. The summed E-state index contributed by atoms with van der Waals surface area (Å²) in [5.41, 5.74) is 0. The molecule has 2 unspecified atom stereocenters. The first-order valence-electron chi connectivity index (χ1n) is 8.05. The van der Waals surface area contributed by atoms with E-state index in [-0.39, 0.29) is 12.1 Å². The molecule has 0 amide bonds. The molecular formula is C15H29N5O. The SMILES string of the molecule is CCCN1CCOC(C(Cc2ncnn2C(C)C)NC)C1. The molecule has 0 bridgehead atoms. The number of ether oxygens (including phenoxy) is 1. The fourth-order valence-corrected chi connectivity index (χ4v) is 2.96. The summed E-state index contributed by atoms with van der Waals surface area (Å²) in [4.78, 5) is 6.91. The van der Waals surface area contributed by atoms with Crippen LogP contribution in [-0.4, -0.2) is 65.1 Å². The summed E-state index contributed by atoms with van der Waals surface area (Å²) in [6.07, 6.45) is 3.90. The number of hydrogen-bond acceptors (Lipinski definition) is 5. The zero-order valence-electron chi connectivity index (χ0n) is 13.7. The number of nitrogens with zero attached hydrogens (tertiary/aromatic N) is 4. The lowest BCUT2D eigenvalue weighted by molar-refractivity contribution is -0.0455. The summed E-state index contributed by atoms with van der Waals surface area (Å²) in [6, 6.07) is 0.607.